The summed E-state index contributed by atoms with van der Waals surface area (Å²) in [7, 11) is 0. The highest BCUT2D eigenvalue weighted by molar-refractivity contribution is 5.98. The molecule has 4 amide bonds. The van der Waals surface area contributed by atoms with E-state index in [2.05, 4.69) is 10.6 Å². The smallest absolute Gasteiger partial charge is 0.246 e. The number of hydrogen-bond donors (Lipinski definition) is 2. The summed E-state index contributed by atoms with van der Waals surface area (Å²) in [5.41, 5.74) is 3.77. The molecule has 2 fully saturated rings. The van der Waals surface area contributed by atoms with E-state index in [0.29, 0.717) is 25.9 Å². The minimum absolute atomic E-state index is 0.0229. The first-order valence-corrected chi connectivity index (χ1v) is 15.5. The quantitative estimate of drug-likeness (QED) is 0.372. The Morgan fingerprint density at radius 3 is 1.18 bits per heavy atom. The van der Waals surface area contributed by atoms with Crippen molar-refractivity contribution in [3.63, 3.8) is 0 Å². The van der Waals surface area contributed by atoms with Gasteiger partial charge in [-0.2, -0.15) is 0 Å². The molecule has 8 nitrogen and oxygen atoms in total. The largest absolute Gasteiger partial charge is 0.342 e. The van der Waals surface area contributed by atoms with Crippen molar-refractivity contribution in [2.24, 2.45) is 11.8 Å². The molecule has 0 saturated carbocycles. The van der Waals surface area contributed by atoms with E-state index < -0.39 is 24.2 Å². The summed E-state index contributed by atoms with van der Waals surface area (Å²) in [6, 6.07) is 24.8. The van der Waals surface area contributed by atoms with Crippen molar-refractivity contribution >= 4 is 23.6 Å². The number of benzene rings is 3. The summed E-state index contributed by atoms with van der Waals surface area (Å²) in [6.07, 6.45) is 0.724. The van der Waals surface area contributed by atoms with E-state index in [1.807, 2.05) is 113 Å². The third-order valence-electron chi connectivity index (χ3n) is 8.56. The van der Waals surface area contributed by atoms with Crippen molar-refractivity contribution in [1.82, 2.24) is 20.4 Å². The standard InChI is InChI=1S/C36H42N4O4/c1-23(2)31-33(41)37-29(35(43)39(31)21-27-11-7-5-8-12-27)19-25-15-17-26(18-16-25)20-30-36(44)40(22-28-13-9-6-10-14-28)32(24(3)4)34(42)38-30/h5-18,23-24,29-32H,19-22H2,1-4H3,(H,37,41)(H,38,42)/t29-,30-,31+,32+/m0/s1. The van der Waals surface area contributed by atoms with E-state index in [4.69, 9.17) is 0 Å². The normalized spacial score (nSPS) is 22.4. The van der Waals surface area contributed by atoms with E-state index in [9.17, 15) is 19.2 Å². The Balaban J connectivity index is 1.27. The minimum Gasteiger partial charge on any atom is -0.342 e. The second-order valence-electron chi connectivity index (χ2n) is 12.6. The number of amides is 4. The SMILES string of the molecule is CC(C)[C@@H]1C(=O)N[C@@H](Cc2ccc(C[C@@H]3NC(=O)[C@@H](C(C)C)N(Cc4ccccc4)C3=O)cc2)C(=O)N1Cc1ccccc1. The third kappa shape index (κ3) is 6.85. The van der Waals surface area contributed by atoms with Gasteiger partial charge in [0.25, 0.3) is 0 Å². The molecular weight excluding hydrogens is 552 g/mol. The summed E-state index contributed by atoms with van der Waals surface area (Å²) in [5.74, 6) is -0.502. The molecule has 3 aromatic carbocycles. The van der Waals surface area contributed by atoms with Crippen LogP contribution in [0.4, 0.5) is 0 Å². The lowest BCUT2D eigenvalue weighted by molar-refractivity contribution is -0.151. The maximum absolute atomic E-state index is 13.7. The molecule has 2 heterocycles. The van der Waals surface area contributed by atoms with Crippen molar-refractivity contribution in [2.75, 3.05) is 0 Å². The lowest BCUT2D eigenvalue weighted by Gasteiger charge is -2.41. The van der Waals surface area contributed by atoms with Gasteiger partial charge in [0.1, 0.15) is 24.2 Å². The zero-order chi connectivity index (χ0) is 31.4. The Kier molecular flexibility index (Phi) is 9.47. The Hall–Kier alpha value is -4.46. The van der Waals surface area contributed by atoms with Gasteiger partial charge in [0.2, 0.25) is 23.6 Å². The van der Waals surface area contributed by atoms with Crippen LogP contribution in [-0.2, 0) is 45.1 Å². The first-order valence-electron chi connectivity index (χ1n) is 15.5. The first-order chi connectivity index (χ1) is 21.1. The molecule has 5 rings (SSSR count). The maximum atomic E-state index is 13.7. The van der Waals surface area contributed by atoms with Crippen LogP contribution in [0.3, 0.4) is 0 Å². The van der Waals surface area contributed by atoms with Crippen LogP contribution in [0.15, 0.2) is 84.9 Å². The van der Waals surface area contributed by atoms with Crippen LogP contribution in [0.5, 0.6) is 0 Å². The van der Waals surface area contributed by atoms with Gasteiger partial charge in [-0.05, 0) is 34.1 Å². The fourth-order valence-corrected chi connectivity index (χ4v) is 6.39. The van der Waals surface area contributed by atoms with Gasteiger partial charge in [-0.3, -0.25) is 19.2 Å². The minimum atomic E-state index is -0.661. The zero-order valence-electron chi connectivity index (χ0n) is 25.9. The molecule has 0 aliphatic carbocycles. The molecule has 44 heavy (non-hydrogen) atoms. The highest BCUT2D eigenvalue weighted by Crippen LogP contribution is 2.24. The average Bonchev–Trinajstić information content (AvgIpc) is 2.99. The maximum Gasteiger partial charge on any atom is 0.246 e. The third-order valence-corrected chi connectivity index (χ3v) is 8.56. The van der Waals surface area contributed by atoms with Crippen LogP contribution in [-0.4, -0.2) is 57.6 Å². The van der Waals surface area contributed by atoms with Crippen LogP contribution >= 0.6 is 0 Å². The molecule has 4 atom stereocenters. The molecule has 0 bridgehead atoms. The molecule has 3 aromatic rings. The molecule has 230 valence electrons. The Bertz CT molecular complexity index is 1360. The van der Waals surface area contributed by atoms with E-state index in [-0.39, 0.29) is 35.5 Å². The molecule has 0 radical (unpaired) electrons. The van der Waals surface area contributed by atoms with Gasteiger partial charge < -0.3 is 20.4 Å². The second-order valence-corrected chi connectivity index (χ2v) is 12.6. The number of nitrogens with zero attached hydrogens (tertiary/aromatic N) is 2. The molecular formula is C36H42N4O4. The van der Waals surface area contributed by atoms with Crippen LogP contribution < -0.4 is 10.6 Å². The fraction of sp³-hybridized carbons (Fsp3) is 0.389. The van der Waals surface area contributed by atoms with Gasteiger partial charge in [0.05, 0.1) is 0 Å². The molecule has 2 aliphatic heterocycles. The molecule has 8 heteroatoms. The fourth-order valence-electron chi connectivity index (χ4n) is 6.39. The summed E-state index contributed by atoms with van der Waals surface area (Å²) in [5, 5.41) is 5.93. The Morgan fingerprint density at radius 2 is 0.864 bits per heavy atom. The lowest BCUT2D eigenvalue weighted by Crippen LogP contribution is -2.65. The van der Waals surface area contributed by atoms with Gasteiger partial charge in [-0.15, -0.1) is 0 Å². The summed E-state index contributed by atoms with van der Waals surface area (Å²) >= 11 is 0. The molecule has 0 aromatic heterocycles. The van der Waals surface area contributed by atoms with Gasteiger partial charge in [-0.25, -0.2) is 0 Å². The number of piperazine rings is 2. The predicted octanol–water partition coefficient (Wildman–Crippen LogP) is 3.88. The second kappa shape index (κ2) is 13.5. The average molecular weight is 595 g/mol. The van der Waals surface area contributed by atoms with Gasteiger partial charge in [-0.1, -0.05) is 113 Å². The monoisotopic (exact) mass is 594 g/mol. The van der Waals surface area contributed by atoms with Gasteiger partial charge >= 0.3 is 0 Å². The van der Waals surface area contributed by atoms with Gasteiger partial charge in [0.15, 0.2) is 0 Å². The summed E-state index contributed by atoms with van der Waals surface area (Å²) in [6.45, 7) is 8.59. The van der Waals surface area contributed by atoms with E-state index in [1.165, 1.54) is 0 Å². The first kappa shape index (κ1) is 31.0. The summed E-state index contributed by atoms with van der Waals surface area (Å²) in [4.78, 5) is 57.0. The number of hydrogen-bond acceptors (Lipinski definition) is 4. The van der Waals surface area contributed by atoms with Crippen molar-refractivity contribution < 1.29 is 19.2 Å². The lowest BCUT2D eigenvalue weighted by atomic mass is 9.92. The van der Waals surface area contributed by atoms with Crippen molar-refractivity contribution in [3.8, 4) is 0 Å². The van der Waals surface area contributed by atoms with Crippen molar-refractivity contribution in [2.45, 2.75) is 77.8 Å². The number of nitrogens with one attached hydrogen (secondary N) is 2. The highest BCUT2D eigenvalue weighted by Gasteiger charge is 2.43. The highest BCUT2D eigenvalue weighted by atomic mass is 16.2. The molecule has 0 unspecified atom stereocenters. The van der Waals surface area contributed by atoms with Gasteiger partial charge in [0, 0.05) is 25.9 Å². The molecule has 2 N–H and O–H groups in total. The van der Waals surface area contributed by atoms with Crippen LogP contribution in [0.2, 0.25) is 0 Å². The Labute approximate surface area is 259 Å². The van der Waals surface area contributed by atoms with E-state index >= 15 is 0 Å². The number of carbonyl (C=O) groups is 4. The van der Waals surface area contributed by atoms with Crippen LogP contribution in [0, 0.1) is 11.8 Å². The van der Waals surface area contributed by atoms with E-state index in [1.54, 1.807) is 9.80 Å². The molecule has 0 spiro atoms. The van der Waals surface area contributed by atoms with Crippen molar-refractivity contribution in [3.05, 3.63) is 107 Å². The van der Waals surface area contributed by atoms with Crippen molar-refractivity contribution in [1.29, 1.82) is 0 Å². The topological polar surface area (TPSA) is 98.8 Å². The van der Waals surface area contributed by atoms with E-state index in [0.717, 1.165) is 22.3 Å². The number of carbonyl (C=O) groups excluding carboxylic acids is 4. The molecule has 2 saturated heterocycles. The predicted molar refractivity (Wildman–Crippen MR) is 169 cm³/mol. The summed E-state index contributed by atoms with van der Waals surface area (Å²) < 4.78 is 0. The zero-order valence-corrected chi connectivity index (χ0v) is 25.9. The Morgan fingerprint density at radius 1 is 0.523 bits per heavy atom. The van der Waals surface area contributed by atoms with Crippen LogP contribution in [0.1, 0.15) is 49.9 Å². The number of rotatable bonds is 10. The molecule has 2 aliphatic rings. The van der Waals surface area contributed by atoms with Crippen LogP contribution in [0.25, 0.3) is 0 Å².